The highest BCUT2D eigenvalue weighted by molar-refractivity contribution is 5.76. The van der Waals surface area contributed by atoms with E-state index < -0.39 is 0 Å². The van der Waals surface area contributed by atoms with Gasteiger partial charge in [-0.2, -0.15) is 0 Å². The van der Waals surface area contributed by atoms with Gasteiger partial charge in [0.2, 0.25) is 5.91 Å². The first-order chi connectivity index (χ1) is 8.70. The van der Waals surface area contributed by atoms with Gasteiger partial charge in [0.1, 0.15) is 0 Å². The topological polar surface area (TPSA) is 46.3 Å². The van der Waals surface area contributed by atoms with Crippen LogP contribution in [0.3, 0.4) is 0 Å². The highest BCUT2D eigenvalue weighted by Gasteiger charge is 2.24. The Hall–Kier alpha value is -1.35. The number of carbonyl (C=O) groups excluding carboxylic acids is 1. The first-order valence-corrected chi connectivity index (χ1v) is 6.73. The smallest absolute Gasteiger partial charge is 0.222 e. The fourth-order valence-corrected chi connectivity index (χ4v) is 2.54. The van der Waals surface area contributed by atoms with E-state index in [1.165, 1.54) is 11.1 Å². The zero-order chi connectivity index (χ0) is 13.0. The lowest BCUT2D eigenvalue weighted by Crippen LogP contribution is -2.30. The molecule has 0 saturated carbocycles. The Labute approximate surface area is 109 Å². The maximum Gasteiger partial charge on any atom is 0.222 e. The van der Waals surface area contributed by atoms with Gasteiger partial charge in [0.05, 0.1) is 0 Å². The summed E-state index contributed by atoms with van der Waals surface area (Å²) in [6, 6.07) is 8.27. The van der Waals surface area contributed by atoms with Crippen molar-refractivity contribution in [1.82, 2.24) is 4.90 Å². The monoisotopic (exact) mass is 246 g/mol. The molecule has 1 aliphatic heterocycles. The van der Waals surface area contributed by atoms with E-state index >= 15 is 0 Å². The lowest BCUT2D eigenvalue weighted by Gasteiger charge is -2.16. The number of aryl methyl sites for hydroxylation is 2. The molecule has 0 unspecified atom stereocenters. The summed E-state index contributed by atoms with van der Waals surface area (Å²) in [5, 5.41) is 0. The van der Waals surface area contributed by atoms with Crippen LogP contribution in [0.25, 0.3) is 0 Å². The first-order valence-electron chi connectivity index (χ1n) is 6.73. The molecule has 0 aliphatic carbocycles. The largest absolute Gasteiger partial charge is 0.342 e. The van der Waals surface area contributed by atoms with E-state index in [9.17, 15) is 4.79 Å². The van der Waals surface area contributed by atoms with Crippen molar-refractivity contribution in [2.24, 2.45) is 11.7 Å². The Morgan fingerprint density at radius 1 is 1.44 bits per heavy atom. The zero-order valence-corrected chi connectivity index (χ0v) is 11.1. The van der Waals surface area contributed by atoms with Crippen LogP contribution in [-0.2, 0) is 11.2 Å². The molecule has 1 amide bonds. The van der Waals surface area contributed by atoms with Crippen molar-refractivity contribution < 1.29 is 4.79 Å². The van der Waals surface area contributed by atoms with Crippen molar-refractivity contribution >= 4 is 5.91 Å². The molecular formula is C15H22N2O. The van der Waals surface area contributed by atoms with Gasteiger partial charge in [-0.25, -0.2) is 0 Å². The van der Waals surface area contributed by atoms with E-state index in [-0.39, 0.29) is 5.91 Å². The minimum atomic E-state index is 0.272. The summed E-state index contributed by atoms with van der Waals surface area (Å²) in [7, 11) is 0. The molecule has 1 atom stereocenters. The van der Waals surface area contributed by atoms with E-state index in [4.69, 9.17) is 5.73 Å². The molecular weight excluding hydrogens is 224 g/mol. The van der Waals surface area contributed by atoms with Crippen LogP contribution >= 0.6 is 0 Å². The average Bonchev–Trinajstić information content (AvgIpc) is 2.86. The van der Waals surface area contributed by atoms with E-state index in [2.05, 4.69) is 19.1 Å². The van der Waals surface area contributed by atoms with Crippen molar-refractivity contribution in [1.29, 1.82) is 0 Å². The molecule has 3 heteroatoms. The highest BCUT2D eigenvalue weighted by atomic mass is 16.2. The number of carbonyl (C=O) groups is 1. The molecule has 1 fully saturated rings. The highest BCUT2D eigenvalue weighted by Crippen LogP contribution is 2.17. The van der Waals surface area contributed by atoms with Crippen LogP contribution in [0.15, 0.2) is 24.3 Å². The van der Waals surface area contributed by atoms with E-state index in [0.29, 0.717) is 18.9 Å². The van der Waals surface area contributed by atoms with Gasteiger partial charge in [0.15, 0.2) is 0 Å². The minimum absolute atomic E-state index is 0.272. The summed E-state index contributed by atoms with van der Waals surface area (Å²) in [6.45, 7) is 4.53. The molecule has 1 aromatic rings. The number of hydrogen-bond acceptors (Lipinski definition) is 2. The molecule has 3 nitrogen and oxygen atoms in total. The van der Waals surface area contributed by atoms with Crippen LogP contribution in [0.1, 0.15) is 24.0 Å². The van der Waals surface area contributed by atoms with Crippen molar-refractivity contribution in [3.05, 3.63) is 35.4 Å². The Morgan fingerprint density at radius 3 is 2.89 bits per heavy atom. The van der Waals surface area contributed by atoms with Crippen molar-refractivity contribution in [3.8, 4) is 0 Å². The summed E-state index contributed by atoms with van der Waals surface area (Å²) in [5.41, 5.74) is 8.19. The summed E-state index contributed by atoms with van der Waals surface area (Å²) in [6.07, 6.45) is 2.52. The van der Waals surface area contributed by atoms with Gasteiger partial charge in [0.25, 0.3) is 0 Å². The third-order valence-electron chi connectivity index (χ3n) is 3.84. The molecule has 2 N–H and O–H groups in total. The van der Waals surface area contributed by atoms with Crippen LogP contribution in [0, 0.1) is 12.8 Å². The molecule has 18 heavy (non-hydrogen) atoms. The second-order valence-corrected chi connectivity index (χ2v) is 5.16. The molecule has 0 radical (unpaired) electrons. The van der Waals surface area contributed by atoms with Gasteiger partial charge in [-0.15, -0.1) is 0 Å². The Balaban J connectivity index is 1.84. The molecule has 98 valence electrons. The Morgan fingerprint density at radius 2 is 2.22 bits per heavy atom. The van der Waals surface area contributed by atoms with Gasteiger partial charge in [-0.3, -0.25) is 4.79 Å². The second-order valence-electron chi connectivity index (χ2n) is 5.16. The fourth-order valence-electron chi connectivity index (χ4n) is 2.54. The SMILES string of the molecule is Cc1ccccc1CCC(=O)N1CC[C@H](CN)C1. The van der Waals surface area contributed by atoms with E-state index in [0.717, 1.165) is 25.9 Å². The number of amides is 1. The van der Waals surface area contributed by atoms with Crippen molar-refractivity contribution in [2.45, 2.75) is 26.2 Å². The van der Waals surface area contributed by atoms with E-state index in [1.807, 2.05) is 17.0 Å². The van der Waals surface area contributed by atoms with Crippen LogP contribution in [0.5, 0.6) is 0 Å². The van der Waals surface area contributed by atoms with Gasteiger partial charge >= 0.3 is 0 Å². The predicted molar refractivity (Wildman–Crippen MR) is 73.2 cm³/mol. The van der Waals surface area contributed by atoms with Crippen LogP contribution in [0.2, 0.25) is 0 Å². The second kappa shape index (κ2) is 6.01. The van der Waals surface area contributed by atoms with Gasteiger partial charge in [-0.05, 0) is 43.4 Å². The molecule has 0 spiro atoms. The van der Waals surface area contributed by atoms with Gasteiger partial charge in [0, 0.05) is 19.5 Å². The maximum absolute atomic E-state index is 12.1. The molecule has 1 aliphatic rings. The summed E-state index contributed by atoms with van der Waals surface area (Å²) in [4.78, 5) is 14.0. The number of likely N-dealkylation sites (tertiary alicyclic amines) is 1. The number of nitrogens with zero attached hydrogens (tertiary/aromatic N) is 1. The fraction of sp³-hybridized carbons (Fsp3) is 0.533. The molecule has 0 aromatic heterocycles. The number of benzene rings is 1. The van der Waals surface area contributed by atoms with Crippen LogP contribution in [-0.4, -0.2) is 30.4 Å². The van der Waals surface area contributed by atoms with Gasteiger partial charge in [-0.1, -0.05) is 24.3 Å². The van der Waals surface area contributed by atoms with E-state index in [1.54, 1.807) is 0 Å². The quantitative estimate of drug-likeness (QED) is 0.879. The molecule has 1 saturated heterocycles. The normalized spacial score (nSPS) is 19.2. The Bertz CT molecular complexity index is 417. The zero-order valence-electron chi connectivity index (χ0n) is 11.1. The standard InChI is InChI=1S/C15H22N2O/c1-12-4-2-3-5-14(12)6-7-15(18)17-9-8-13(10-16)11-17/h2-5,13H,6-11,16H2,1H3/t13-/m1/s1. The molecule has 1 heterocycles. The minimum Gasteiger partial charge on any atom is -0.342 e. The molecule has 1 aromatic carbocycles. The summed E-state index contributed by atoms with van der Waals surface area (Å²) < 4.78 is 0. The van der Waals surface area contributed by atoms with Gasteiger partial charge < -0.3 is 10.6 Å². The summed E-state index contributed by atoms with van der Waals surface area (Å²) in [5.74, 6) is 0.779. The Kier molecular flexibility index (Phi) is 4.37. The third-order valence-corrected chi connectivity index (χ3v) is 3.84. The number of hydrogen-bond donors (Lipinski definition) is 1. The van der Waals surface area contributed by atoms with Crippen LogP contribution < -0.4 is 5.73 Å². The first kappa shape index (κ1) is 13.1. The lowest BCUT2D eigenvalue weighted by atomic mass is 10.0. The summed E-state index contributed by atoms with van der Waals surface area (Å²) >= 11 is 0. The number of rotatable bonds is 4. The van der Waals surface area contributed by atoms with Crippen LogP contribution in [0.4, 0.5) is 0 Å². The third kappa shape index (κ3) is 3.10. The van der Waals surface area contributed by atoms with Crippen molar-refractivity contribution in [2.75, 3.05) is 19.6 Å². The molecule has 0 bridgehead atoms. The lowest BCUT2D eigenvalue weighted by molar-refractivity contribution is -0.130. The predicted octanol–water partition coefficient (Wildman–Crippen LogP) is 1.73. The maximum atomic E-state index is 12.1. The number of nitrogens with two attached hydrogens (primary N) is 1. The molecule has 2 rings (SSSR count). The average molecular weight is 246 g/mol. The van der Waals surface area contributed by atoms with Crippen molar-refractivity contribution in [3.63, 3.8) is 0 Å².